The van der Waals surface area contributed by atoms with Crippen LogP contribution in [0.4, 0.5) is 5.82 Å². The topological polar surface area (TPSA) is 137 Å². The minimum Gasteiger partial charge on any atom is -0.478 e. The van der Waals surface area contributed by atoms with Gasteiger partial charge in [0.1, 0.15) is 16.8 Å². The maximum atomic E-state index is 10.1. The molecule has 1 fully saturated rings. The lowest BCUT2D eigenvalue weighted by Crippen LogP contribution is -2.30. The predicted molar refractivity (Wildman–Crippen MR) is 120 cm³/mol. The van der Waals surface area contributed by atoms with Crippen LogP contribution in [-0.2, 0) is 6.54 Å². The molecule has 4 N–H and O–H groups in total. The normalized spacial score (nSPS) is 16.7. The smallest absolute Gasteiger partial charge is 0.216 e. The molecular weight excluding hydrogens is 410 g/mol. The number of pyridine rings is 1. The number of nitrogens with two attached hydrogens (primary N) is 1. The lowest BCUT2D eigenvalue weighted by Gasteiger charge is -2.22. The largest absolute Gasteiger partial charge is 0.478 e. The fourth-order valence-corrected chi connectivity index (χ4v) is 3.82. The summed E-state index contributed by atoms with van der Waals surface area (Å²) in [5, 5.41) is 21.1. The standard InChI is InChI=1S/C22H29N7O3/c1-4-29-16-12-17(31-11-8-14-6-5-10-24-13-14)25-15(7-9-22(2,3)30)18(16)26-21(29)19-20(23)28-32-27-19/h12,14,24,30H,4-6,8,10-11,13H2,1-3H3,(H2,23,28). The molecule has 1 saturated heterocycles. The average Bonchev–Trinajstić information content (AvgIpc) is 3.35. The lowest BCUT2D eigenvalue weighted by atomic mass is 9.97. The van der Waals surface area contributed by atoms with E-state index in [0.29, 0.717) is 47.7 Å². The Morgan fingerprint density at radius 2 is 2.22 bits per heavy atom. The molecule has 0 aromatic carbocycles. The van der Waals surface area contributed by atoms with E-state index >= 15 is 0 Å². The minimum atomic E-state index is -1.17. The molecule has 0 radical (unpaired) electrons. The van der Waals surface area contributed by atoms with Gasteiger partial charge in [0.25, 0.3) is 0 Å². The van der Waals surface area contributed by atoms with Gasteiger partial charge in [-0.25, -0.2) is 14.6 Å². The Bertz CT molecular complexity index is 1140. The molecule has 0 saturated carbocycles. The zero-order valence-corrected chi connectivity index (χ0v) is 18.7. The van der Waals surface area contributed by atoms with Crippen LogP contribution >= 0.6 is 0 Å². The van der Waals surface area contributed by atoms with Crippen molar-refractivity contribution in [1.82, 2.24) is 30.2 Å². The van der Waals surface area contributed by atoms with Gasteiger partial charge in [0.15, 0.2) is 17.3 Å². The van der Waals surface area contributed by atoms with Crippen LogP contribution in [0.3, 0.4) is 0 Å². The second-order valence-corrected chi connectivity index (χ2v) is 8.51. The summed E-state index contributed by atoms with van der Waals surface area (Å²) in [6.45, 7) is 8.52. The highest BCUT2D eigenvalue weighted by Crippen LogP contribution is 2.30. The first kappa shape index (κ1) is 22.0. The summed E-state index contributed by atoms with van der Waals surface area (Å²) in [6, 6.07) is 1.85. The molecule has 170 valence electrons. The Morgan fingerprint density at radius 3 is 2.88 bits per heavy atom. The molecule has 0 amide bonds. The molecule has 3 aromatic rings. The van der Waals surface area contributed by atoms with Crippen LogP contribution in [-0.4, -0.2) is 55.3 Å². The minimum absolute atomic E-state index is 0.157. The van der Waals surface area contributed by atoms with Crippen LogP contribution in [0.1, 0.15) is 45.7 Å². The van der Waals surface area contributed by atoms with Gasteiger partial charge >= 0.3 is 0 Å². The summed E-state index contributed by atoms with van der Waals surface area (Å²) in [5.41, 5.74) is 6.88. The van der Waals surface area contributed by atoms with Gasteiger partial charge in [-0.1, -0.05) is 5.92 Å². The number of nitrogens with zero attached hydrogens (tertiary/aromatic N) is 5. The Hall–Kier alpha value is -3.16. The van der Waals surface area contributed by atoms with Gasteiger partial charge in [-0.15, -0.1) is 0 Å². The van der Waals surface area contributed by atoms with Crippen molar-refractivity contribution in [2.75, 3.05) is 25.4 Å². The fourth-order valence-electron chi connectivity index (χ4n) is 3.82. The van der Waals surface area contributed by atoms with E-state index in [9.17, 15) is 5.11 Å². The summed E-state index contributed by atoms with van der Waals surface area (Å²) in [7, 11) is 0. The number of fused-ring (bicyclic) bond motifs is 1. The summed E-state index contributed by atoms with van der Waals surface area (Å²) < 4.78 is 12.7. The summed E-state index contributed by atoms with van der Waals surface area (Å²) in [6.07, 6.45) is 3.37. The number of nitrogens with one attached hydrogen (secondary N) is 1. The predicted octanol–water partition coefficient (Wildman–Crippen LogP) is 1.97. The first-order valence-corrected chi connectivity index (χ1v) is 10.9. The Balaban J connectivity index is 1.72. The van der Waals surface area contributed by atoms with E-state index in [1.54, 1.807) is 13.8 Å². The second-order valence-electron chi connectivity index (χ2n) is 8.51. The van der Waals surface area contributed by atoms with E-state index in [4.69, 9.17) is 20.1 Å². The molecule has 1 atom stereocenters. The molecule has 1 aliphatic rings. The summed E-state index contributed by atoms with van der Waals surface area (Å²) >= 11 is 0. The Morgan fingerprint density at radius 1 is 1.38 bits per heavy atom. The molecule has 0 bridgehead atoms. The summed E-state index contributed by atoms with van der Waals surface area (Å²) in [4.78, 5) is 9.28. The molecule has 4 rings (SSSR count). The highest BCUT2D eigenvalue weighted by atomic mass is 16.6. The molecule has 3 aromatic heterocycles. The van der Waals surface area contributed by atoms with Crippen LogP contribution in [0.15, 0.2) is 10.7 Å². The Labute approximate surface area is 186 Å². The molecule has 1 aliphatic heterocycles. The third-order valence-corrected chi connectivity index (χ3v) is 5.42. The SMILES string of the molecule is CCn1c(-c2nonc2N)nc2c(C#CC(C)(C)O)nc(OCCC3CCCNC3)cc21. The number of rotatable bonds is 6. The van der Waals surface area contributed by atoms with Crippen molar-refractivity contribution in [1.29, 1.82) is 0 Å². The van der Waals surface area contributed by atoms with Crippen LogP contribution < -0.4 is 15.8 Å². The molecule has 1 unspecified atom stereocenters. The van der Waals surface area contributed by atoms with E-state index in [-0.39, 0.29) is 5.82 Å². The highest BCUT2D eigenvalue weighted by molar-refractivity contribution is 5.86. The van der Waals surface area contributed by atoms with E-state index in [2.05, 4.69) is 32.5 Å². The zero-order chi connectivity index (χ0) is 22.7. The molecule has 10 nitrogen and oxygen atoms in total. The van der Waals surface area contributed by atoms with Crippen molar-refractivity contribution < 1.29 is 14.5 Å². The number of hydrogen-bond donors (Lipinski definition) is 3. The van der Waals surface area contributed by atoms with Crippen molar-refractivity contribution >= 4 is 16.9 Å². The number of hydrogen-bond acceptors (Lipinski definition) is 9. The number of aryl methyl sites for hydroxylation is 1. The number of piperidine rings is 1. The zero-order valence-electron chi connectivity index (χ0n) is 18.7. The van der Waals surface area contributed by atoms with Crippen molar-refractivity contribution in [3.8, 4) is 29.2 Å². The van der Waals surface area contributed by atoms with Crippen molar-refractivity contribution in [2.45, 2.75) is 52.2 Å². The molecule has 0 aliphatic carbocycles. The molecule has 0 spiro atoms. The number of aromatic nitrogens is 5. The van der Waals surface area contributed by atoms with Gasteiger partial charge in [0, 0.05) is 12.6 Å². The number of nitrogen functional groups attached to an aromatic ring is 1. The van der Waals surface area contributed by atoms with Gasteiger partial charge < -0.3 is 25.5 Å². The van der Waals surface area contributed by atoms with Crippen LogP contribution in [0.2, 0.25) is 0 Å². The van der Waals surface area contributed by atoms with Crippen molar-refractivity contribution in [2.24, 2.45) is 5.92 Å². The fraction of sp³-hybridized carbons (Fsp3) is 0.545. The van der Waals surface area contributed by atoms with Gasteiger partial charge in [0.2, 0.25) is 5.88 Å². The number of anilines is 1. The van der Waals surface area contributed by atoms with Gasteiger partial charge in [0.05, 0.1) is 12.1 Å². The van der Waals surface area contributed by atoms with Crippen LogP contribution in [0, 0.1) is 17.8 Å². The van der Waals surface area contributed by atoms with Gasteiger partial charge in [-0.3, -0.25) is 0 Å². The van der Waals surface area contributed by atoms with E-state index in [1.807, 2.05) is 17.6 Å². The molecular formula is C22H29N7O3. The van der Waals surface area contributed by atoms with E-state index < -0.39 is 5.60 Å². The Kier molecular flexibility index (Phi) is 6.30. The van der Waals surface area contributed by atoms with Crippen molar-refractivity contribution in [3.63, 3.8) is 0 Å². The number of ether oxygens (including phenoxy) is 1. The third-order valence-electron chi connectivity index (χ3n) is 5.42. The van der Waals surface area contributed by atoms with Crippen LogP contribution in [0.25, 0.3) is 22.6 Å². The van der Waals surface area contributed by atoms with Gasteiger partial charge in [-0.05, 0) is 75.3 Å². The summed E-state index contributed by atoms with van der Waals surface area (Å²) in [5.74, 6) is 7.53. The maximum Gasteiger partial charge on any atom is 0.216 e. The maximum absolute atomic E-state index is 10.1. The number of aliphatic hydroxyl groups is 1. The average molecular weight is 440 g/mol. The van der Waals surface area contributed by atoms with Crippen molar-refractivity contribution in [3.05, 3.63) is 11.8 Å². The lowest BCUT2D eigenvalue weighted by molar-refractivity contribution is 0.143. The monoisotopic (exact) mass is 439 g/mol. The molecule has 32 heavy (non-hydrogen) atoms. The van der Waals surface area contributed by atoms with Gasteiger partial charge in [-0.2, -0.15) is 0 Å². The first-order valence-electron chi connectivity index (χ1n) is 10.9. The first-order chi connectivity index (χ1) is 15.4. The highest BCUT2D eigenvalue weighted by Gasteiger charge is 2.22. The molecule has 10 heteroatoms. The quantitative estimate of drug-likeness (QED) is 0.492. The van der Waals surface area contributed by atoms with E-state index in [1.165, 1.54) is 12.8 Å². The third kappa shape index (κ3) is 4.84. The number of imidazole rings is 1. The van der Waals surface area contributed by atoms with Crippen LogP contribution in [0.5, 0.6) is 5.88 Å². The van der Waals surface area contributed by atoms with E-state index in [0.717, 1.165) is 25.0 Å². The molecule has 4 heterocycles. The second kappa shape index (κ2) is 9.14.